The summed E-state index contributed by atoms with van der Waals surface area (Å²) in [6, 6.07) is 3.82. The molecule has 2 rings (SSSR count). The van der Waals surface area contributed by atoms with Gasteiger partial charge in [0.05, 0.1) is 30.2 Å². The number of carbonyl (C=O) groups excluding carboxylic acids is 1. The Hall–Kier alpha value is -1.91. The summed E-state index contributed by atoms with van der Waals surface area (Å²) in [6.45, 7) is 10.2. The van der Waals surface area contributed by atoms with Gasteiger partial charge < -0.3 is 10.4 Å². The summed E-state index contributed by atoms with van der Waals surface area (Å²) < 4.78 is 1.61. The van der Waals surface area contributed by atoms with E-state index in [1.807, 2.05) is 11.9 Å². The molecule has 144 valence electrons. The van der Waals surface area contributed by atoms with Crippen molar-refractivity contribution in [2.45, 2.75) is 71.7 Å². The molecule has 3 unspecified atom stereocenters. The van der Waals surface area contributed by atoms with E-state index in [1.165, 1.54) is 0 Å². The summed E-state index contributed by atoms with van der Waals surface area (Å²) in [6.07, 6.45) is 3.13. The number of rotatable bonds is 5. The zero-order valence-electron chi connectivity index (χ0n) is 16.7. The average Bonchev–Trinajstić information content (AvgIpc) is 3.01. The maximum absolute atomic E-state index is 12.7. The molecule has 0 aliphatic carbocycles. The van der Waals surface area contributed by atoms with Crippen molar-refractivity contribution >= 4 is 11.7 Å². The molecule has 1 amide bonds. The zero-order valence-corrected chi connectivity index (χ0v) is 16.7. The highest BCUT2D eigenvalue weighted by Gasteiger charge is 2.43. The summed E-state index contributed by atoms with van der Waals surface area (Å²) in [5.41, 5.74) is -0.783. The molecule has 1 saturated heterocycles. The first-order valence-corrected chi connectivity index (χ1v) is 9.08. The highest BCUT2D eigenvalue weighted by atomic mass is 16.3. The highest BCUT2D eigenvalue weighted by molar-refractivity contribution is 5.94. The van der Waals surface area contributed by atoms with Crippen LogP contribution in [0.1, 0.15) is 47.5 Å². The van der Waals surface area contributed by atoms with Crippen LogP contribution in [0.15, 0.2) is 12.3 Å². The van der Waals surface area contributed by atoms with Crippen LogP contribution in [0.4, 0.5) is 5.82 Å². The van der Waals surface area contributed by atoms with Crippen molar-refractivity contribution in [2.75, 3.05) is 12.4 Å². The number of likely N-dealkylation sites (tertiary alicyclic amines) is 1. The predicted octanol–water partition coefficient (Wildman–Crippen LogP) is 2.24. The normalized spacial score (nSPS) is 24.5. The second-order valence-corrected chi connectivity index (χ2v) is 9.18. The van der Waals surface area contributed by atoms with E-state index >= 15 is 0 Å². The van der Waals surface area contributed by atoms with Crippen molar-refractivity contribution in [1.29, 1.82) is 5.26 Å². The Morgan fingerprint density at radius 1 is 1.42 bits per heavy atom. The largest absolute Gasteiger partial charge is 0.389 e. The maximum Gasteiger partial charge on any atom is 0.242 e. The van der Waals surface area contributed by atoms with E-state index in [-0.39, 0.29) is 29.3 Å². The minimum atomic E-state index is -0.876. The molecule has 1 aliphatic rings. The molecule has 26 heavy (non-hydrogen) atoms. The Labute approximate surface area is 156 Å². The molecule has 7 nitrogen and oxygen atoms in total. The topological polar surface area (TPSA) is 94.2 Å². The first-order valence-electron chi connectivity index (χ1n) is 9.08. The number of nitrogens with one attached hydrogen (secondary N) is 1. The molecule has 1 fully saturated rings. The van der Waals surface area contributed by atoms with Gasteiger partial charge in [-0.15, -0.1) is 0 Å². The average molecular weight is 361 g/mol. The van der Waals surface area contributed by atoms with Gasteiger partial charge in [-0.3, -0.25) is 14.4 Å². The Bertz CT molecular complexity index is 677. The van der Waals surface area contributed by atoms with Gasteiger partial charge in [-0.1, -0.05) is 20.8 Å². The van der Waals surface area contributed by atoms with E-state index in [4.69, 9.17) is 0 Å². The highest BCUT2D eigenvalue weighted by Crippen LogP contribution is 2.36. The molecule has 1 aromatic rings. The summed E-state index contributed by atoms with van der Waals surface area (Å²) in [5.74, 6) is 0.167. The first-order chi connectivity index (χ1) is 11.9. The van der Waals surface area contributed by atoms with E-state index in [1.54, 1.807) is 30.8 Å². The first kappa shape index (κ1) is 20.4. The number of carbonyl (C=O) groups is 1. The van der Waals surface area contributed by atoms with Gasteiger partial charge >= 0.3 is 0 Å². The summed E-state index contributed by atoms with van der Waals surface area (Å²) >= 11 is 0. The molecule has 1 aliphatic heterocycles. The summed E-state index contributed by atoms with van der Waals surface area (Å²) in [7, 11) is 1.92. The van der Waals surface area contributed by atoms with Crippen LogP contribution in [-0.4, -0.2) is 50.4 Å². The molecule has 0 radical (unpaired) electrons. The van der Waals surface area contributed by atoms with Crippen molar-refractivity contribution in [3.05, 3.63) is 12.3 Å². The van der Waals surface area contributed by atoms with Crippen LogP contribution < -0.4 is 5.32 Å². The van der Waals surface area contributed by atoms with E-state index in [0.717, 1.165) is 6.42 Å². The molecular formula is C19H31N5O2. The van der Waals surface area contributed by atoms with Gasteiger partial charge in [0.15, 0.2) is 5.82 Å². The standard InChI is InChI=1S/C19H31N5O2/c1-18(2,3)10-15-13(11-20)9-14(23(15)6)17(25)21-16-7-8-24(22-16)12-19(4,5)26/h7-8,13-15,26H,9-10,12H2,1-6H3,(H,21,22,25). The maximum atomic E-state index is 12.7. The third-order valence-electron chi connectivity index (χ3n) is 4.69. The number of hydrogen-bond acceptors (Lipinski definition) is 5. The molecule has 0 spiro atoms. The van der Waals surface area contributed by atoms with Gasteiger partial charge in [-0.2, -0.15) is 10.4 Å². The van der Waals surface area contributed by atoms with Crippen LogP contribution in [0.25, 0.3) is 0 Å². The van der Waals surface area contributed by atoms with Crippen LogP contribution in [0.5, 0.6) is 0 Å². The van der Waals surface area contributed by atoms with Crippen LogP contribution in [0, 0.1) is 22.7 Å². The van der Waals surface area contributed by atoms with Crippen LogP contribution >= 0.6 is 0 Å². The van der Waals surface area contributed by atoms with Gasteiger partial charge in [0, 0.05) is 18.3 Å². The number of amides is 1. The lowest BCUT2D eigenvalue weighted by Gasteiger charge is -2.31. The van der Waals surface area contributed by atoms with Gasteiger partial charge in [0.2, 0.25) is 5.91 Å². The van der Waals surface area contributed by atoms with E-state index in [0.29, 0.717) is 18.8 Å². The Kier molecular flexibility index (Phi) is 5.79. The molecule has 2 N–H and O–H groups in total. The Morgan fingerprint density at radius 3 is 2.62 bits per heavy atom. The Balaban J connectivity index is 2.04. The number of nitrogens with zero attached hydrogens (tertiary/aromatic N) is 4. The SMILES string of the molecule is CN1C(C(=O)Nc2ccn(CC(C)(C)O)n2)CC(C#N)C1CC(C)(C)C. The van der Waals surface area contributed by atoms with Gasteiger partial charge in [-0.05, 0) is 39.2 Å². The summed E-state index contributed by atoms with van der Waals surface area (Å²) in [5, 5.41) is 26.5. The second-order valence-electron chi connectivity index (χ2n) is 9.18. The van der Waals surface area contributed by atoms with Crippen molar-refractivity contribution in [1.82, 2.24) is 14.7 Å². The van der Waals surface area contributed by atoms with Gasteiger partial charge in [0.1, 0.15) is 0 Å². The fourth-order valence-corrected chi connectivity index (χ4v) is 3.55. The van der Waals surface area contributed by atoms with Crippen molar-refractivity contribution < 1.29 is 9.90 Å². The monoisotopic (exact) mass is 361 g/mol. The van der Waals surface area contributed by atoms with E-state index in [9.17, 15) is 15.2 Å². The minimum Gasteiger partial charge on any atom is -0.389 e. The molecule has 0 bridgehead atoms. The van der Waals surface area contributed by atoms with Crippen LogP contribution in [0.2, 0.25) is 0 Å². The molecule has 2 heterocycles. The molecule has 7 heteroatoms. The van der Waals surface area contributed by atoms with Crippen molar-refractivity contribution in [3.63, 3.8) is 0 Å². The van der Waals surface area contributed by atoms with E-state index < -0.39 is 5.60 Å². The fourth-order valence-electron chi connectivity index (χ4n) is 3.55. The van der Waals surface area contributed by atoms with Gasteiger partial charge in [-0.25, -0.2) is 0 Å². The number of likely N-dealkylation sites (N-methyl/N-ethyl adjacent to an activating group) is 1. The van der Waals surface area contributed by atoms with Crippen LogP contribution in [-0.2, 0) is 11.3 Å². The number of anilines is 1. The second kappa shape index (κ2) is 7.37. The van der Waals surface area contributed by atoms with Crippen molar-refractivity contribution in [2.24, 2.45) is 11.3 Å². The zero-order chi connectivity index (χ0) is 19.7. The molecule has 0 aromatic carbocycles. The van der Waals surface area contributed by atoms with Gasteiger partial charge in [0.25, 0.3) is 0 Å². The number of aliphatic hydroxyl groups is 1. The molecular weight excluding hydrogens is 330 g/mol. The fraction of sp³-hybridized carbons (Fsp3) is 0.737. The lowest BCUT2D eigenvalue weighted by Crippen LogP contribution is -2.42. The van der Waals surface area contributed by atoms with Crippen molar-refractivity contribution in [3.8, 4) is 6.07 Å². The lowest BCUT2D eigenvalue weighted by atomic mass is 9.84. The lowest BCUT2D eigenvalue weighted by molar-refractivity contribution is -0.120. The Morgan fingerprint density at radius 2 is 2.08 bits per heavy atom. The van der Waals surface area contributed by atoms with Crippen LogP contribution in [0.3, 0.4) is 0 Å². The third kappa shape index (κ3) is 5.29. The summed E-state index contributed by atoms with van der Waals surface area (Å²) in [4.78, 5) is 14.8. The molecule has 0 saturated carbocycles. The number of nitriles is 1. The smallest absolute Gasteiger partial charge is 0.242 e. The number of hydrogen-bond donors (Lipinski definition) is 2. The molecule has 3 atom stereocenters. The number of aromatic nitrogens is 2. The van der Waals surface area contributed by atoms with E-state index in [2.05, 4.69) is 37.3 Å². The predicted molar refractivity (Wildman–Crippen MR) is 100 cm³/mol. The minimum absolute atomic E-state index is 0.0727. The molecule has 1 aromatic heterocycles. The quantitative estimate of drug-likeness (QED) is 0.839. The third-order valence-corrected chi connectivity index (χ3v) is 4.69.